The number of aryl methyl sites for hydroxylation is 1. The lowest BCUT2D eigenvalue weighted by molar-refractivity contribution is -0.114. The van der Waals surface area contributed by atoms with Gasteiger partial charge in [-0.1, -0.05) is 18.2 Å². The zero-order valence-electron chi connectivity index (χ0n) is 16.5. The molecule has 0 atom stereocenters. The second-order valence-electron chi connectivity index (χ2n) is 6.67. The summed E-state index contributed by atoms with van der Waals surface area (Å²) < 4.78 is 10.9. The van der Waals surface area contributed by atoms with E-state index in [-0.39, 0.29) is 11.7 Å². The van der Waals surface area contributed by atoms with Gasteiger partial charge in [-0.25, -0.2) is 0 Å². The minimum absolute atomic E-state index is 0.00204. The summed E-state index contributed by atoms with van der Waals surface area (Å²) in [5, 5.41) is 0. The van der Waals surface area contributed by atoms with Gasteiger partial charge in [-0.3, -0.25) is 9.59 Å². The second kappa shape index (κ2) is 8.74. The van der Waals surface area contributed by atoms with Crippen molar-refractivity contribution < 1.29 is 19.1 Å². The van der Waals surface area contributed by atoms with E-state index in [1.807, 2.05) is 43.3 Å². The number of methoxy groups -OCH3 is 1. The van der Waals surface area contributed by atoms with E-state index in [0.29, 0.717) is 30.2 Å². The molecule has 28 heavy (non-hydrogen) atoms. The van der Waals surface area contributed by atoms with Crippen molar-refractivity contribution in [1.82, 2.24) is 0 Å². The van der Waals surface area contributed by atoms with Crippen LogP contribution in [0.5, 0.6) is 11.5 Å². The maximum Gasteiger partial charge on any atom is 0.250 e. The van der Waals surface area contributed by atoms with E-state index in [9.17, 15) is 9.59 Å². The Morgan fingerprint density at radius 2 is 1.96 bits per heavy atom. The Morgan fingerprint density at radius 1 is 1.14 bits per heavy atom. The molecule has 0 unspecified atom stereocenters. The van der Waals surface area contributed by atoms with E-state index in [1.54, 1.807) is 24.2 Å². The first kappa shape index (κ1) is 19.7. The zero-order valence-corrected chi connectivity index (χ0v) is 16.5. The summed E-state index contributed by atoms with van der Waals surface area (Å²) in [5.41, 5.74) is 3.40. The highest BCUT2D eigenvalue weighted by molar-refractivity contribution is 6.05. The number of Topliss-reactive ketones (excluding diaryl/α,β-unsaturated/α-hetero) is 1. The Labute approximate surface area is 165 Å². The van der Waals surface area contributed by atoms with E-state index < -0.39 is 0 Å². The van der Waals surface area contributed by atoms with Crippen LogP contribution < -0.4 is 14.4 Å². The first-order chi connectivity index (χ1) is 13.5. The molecule has 0 bridgehead atoms. The molecular weight excluding hydrogens is 354 g/mol. The molecule has 0 radical (unpaired) electrons. The molecule has 2 aromatic carbocycles. The second-order valence-corrected chi connectivity index (χ2v) is 6.67. The van der Waals surface area contributed by atoms with Crippen LogP contribution in [0.25, 0.3) is 6.08 Å². The number of carbonyl (C=O) groups is 2. The fourth-order valence-corrected chi connectivity index (χ4v) is 3.34. The van der Waals surface area contributed by atoms with E-state index in [1.165, 1.54) is 6.92 Å². The molecule has 5 heteroatoms. The predicted molar refractivity (Wildman–Crippen MR) is 110 cm³/mol. The first-order valence-electron chi connectivity index (χ1n) is 9.47. The number of amides is 1. The van der Waals surface area contributed by atoms with E-state index in [0.717, 1.165) is 29.7 Å². The lowest BCUT2D eigenvalue weighted by atomic mass is 9.98. The number of ether oxygens (including phenoxy) is 2. The molecule has 1 aliphatic rings. The average molecular weight is 379 g/mol. The van der Waals surface area contributed by atoms with E-state index in [4.69, 9.17) is 9.47 Å². The molecule has 0 N–H and O–H groups in total. The molecule has 2 aromatic rings. The summed E-state index contributed by atoms with van der Waals surface area (Å²) in [6.07, 6.45) is 5.15. The minimum Gasteiger partial charge on any atom is -0.493 e. The molecule has 0 aliphatic carbocycles. The Kier molecular flexibility index (Phi) is 6.14. The number of carbonyl (C=O) groups excluding carboxylic acids is 2. The van der Waals surface area contributed by atoms with Gasteiger partial charge in [-0.15, -0.1) is 0 Å². The lowest BCUT2D eigenvalue weighted by Gasteiger charge is -2.29. The molecule has 146 valence electrons. The maximum atomic E-state index is 12.8. The molecule has 1 amide bonds. The fraction of sp³-hybridized carbons (Fsp3) is 0.304. The molecule has 5 nitrogen and oxygen atoms in total. The molecule has 0 saturated carbocycles. The summed E-state index contributed by atoms with van der Waals surface area (Å²) in [7, 11) is 1.59. The third-order valence-corrected chi connectivity index (χ3v) is 4.78. The summed E-state index contributed by atoms with van der Waals surface area (Å²) in [6, 6.07) is 11.2. The zero-order chi connectivity index (χ0) is 20.1. The van der Waals surface area contributed by atoms with Crippen molar-refractivity contribution in [3.63, 3.8) is 0 Å². The van der Waals surface area contributed by atoms with Gasteiger partial charge in [0.05, 0.1) is 13.7 Å². The van der Waals surface area contributed by atoms with Crippen LogP contribution in [0.15, 0.2) is 42.5 Å². The van der Waals surface area contributed by atoms with Gasteiger partial charge in [0.2, 0.25) is 0 Å². The van der Waals surface area contributed by atoms with Gasteiger partial charge in [-0.05, 0) is 62.1 Å². The topological polar surface area (TPSA) is 55.8 Å². The van der Waals surface area contributed by atoms with Crippen LogP contribution in [0, 0.1) is 0 Å². The van der Waals surface area contributed by atoms with Crippen molar-refractivity contribution in [2.24, 2.45) is 0 Å². The molecular formula is C23H25NO4. The number of hydrogen-bond acceptors (Lipinski definition) is 4. The molecule has 0 fully saturated rings. The average Bonchev–Trinajstić information content (AvgIpc) is 2.72. The highest BCUT2D eigenvalue weighted by Gasteiger charge is 2.22. The summed E-state index contributed by atoms with van der Waals surface area (Å²) in [6.45, 7) is 4.65. The van der Waals surface area contributed by atoms with Crippen LogP contribution in [0.3, 0.4) is 0 Å². The van der Waals surface area contributed by atoms with Crippen molar-refractivity contribution >= 4 is 23.5 Å². The first-order valence-corrected chi connectivity index (χ1v) is 9.47. The largest absolute Gasteiger partial charge is 0.493 e. The van der Waals surface area contributed by atoms with Gasteiger partial charge in [0.1, 0.15) is 0 Å². The van der Waals surface area contributed by atoms with Gasteiger partial charge in [0, 0.05) is 23.9 Å². The normalized spacial score (nSPS) is 13.3. The number of benzene rings is 2. The Morgan fingerprint density at radius 3 is 2.68 bits per heavy atom. The molecule has 1 heterocycles. The van der Waals surface area contributed by atoms with Gasteiger partial charge in [0.15, 0.2) is 17.3 Å². The van der Waals surface area contributed by atoms with Crippen molar-refractivity contribution in [1.29, 1.82) is 0 Å². The molecule has 0 aromatic heterocycles. The van der Waals surface area contributed by atoms with E-state index >= 15 is 0 Å². The maximum absolute atomic E-state index is 12.8. The van der Waals surface area contributed by atoms with Crippen LogP contribution in [0.2, 0.25) is 0 Å². The minimum atomic E-state index is -0.102. The molecule has 1 aliphatic heterocycles. The Hall–Kier alpha value is -3.08. The summed E-state index contributed by atoms with van der Waals surface area (Å²) >= 11 is 0. The fourth-order valence-electron chi connectivity index (χ4n) is 3.34. The number of anilines is 1. The van der Waals surface area contributed by atoms with Crippen molar-refractivity contribution in [2.45, 2.75) is 26.7 Å². The van der Waals surface area contributed by atoms with Crippen LogP contribution >= 0.6 is 0 Å². The number of ketones is 1. The van der Waals surface area contributed by atoms with Crippen LogP contribution in [0.4, 0.5) is 5.69 Å². The Balaban J connectivity index is 1.82. The van der Waals surface area contributed by atoms with Crippen molar-refractivity contribution in [2.75, 3.05) is 25.2 Å². The number of rotatable bonds is 6. The van der Waals surface area contributed by atoms with Gasteiger partial charge < -0.3 is 14.4 Å². The summed E-state index contributed by atoms with van der Waals surface area (Å²) in [4.78, 5) is 26.3. The quantitative estimate of drug-likeness (QED) is 0.555. The lowest BCUT2D eigenvalue weighted by Crippen LogP contribution is -2.34. The Bertz CT molecular complexity index is 917. The monoisotopic (exact) mass is 379 g/mol. The highest BCUT2D eigenvalue weighted by atomic mass is 16.5. The smallest absolute Gasteiger partial charge is 0.250 e. The van der Waals surface area contributed by atoms with Crippen LogP contribution in [-0.2, 0) is 11.2 Å². The van der Waals surface area contributed by atoms with Crippen LogP contribution in [0.1, 0.15) is 41.8 Å². The highest BCUT2D eigenvalue weighted by Crippen LogP contribution is 2.30. The standard InChI is InChI=1S/C23H25NO4/c1-4-28-21-11-7-17(14-22(21)27-3)8-12-23(26)24-13-5-6-18-9-10-19(16(2)25)15-20(18)24/h7-12,14-15H,4-6,13H2,1-3H3/b12-8+. The number of nitrogens with zero attached hydrogens (tertiary/aromatic N) is 1. The predicted octanol–water partition coefficient (Wildman–Crippen LogP) is 4.29. The third-order valence-electron chi connectivity index (χ3n) is 4.78. The van der Waals surface area contributed by atoms with Gasteiger partial charge in [0.25, 0.3) is 5.91 Å². The van der Waals surface area contributed by atoms with Crippen molar-refractivity contribution in [3.8, 4) is 11.5 Å². The molecule has 0 spiro atoms. The number of hydrogen-bond donors (Lipinski definition) is 0. The van der Waals surface area contributed by atoms with Crippen molar-refractivity contribution in [3.05, 3.63) is 59.2 Å². The van der Waals surface area contributed by atoms with Gasteiger partial charge >= 0.3 is 0 Å². The summed E-state index contributed by atoms with van der Waals surface area (Å²) in [5.74, 6) is 1.20. The molecule has 0 saturated heterocycles. The van der Waals surface area contributed by atoms with Crippen LogP contribution in [-0.4, -0.2) is 32.0 Å². The SMILES string of the molecule is CCOc1ccc(/C=C/C(=O)N2CCCc3ccc(C(C)=O)cc32)cc1OC. The van der Waals surface area contributed by atoms with Gasteiger partial charge in [-0.2, -0.15) is 0 Å². The third kappa shape index (κ3) is 4.25. The van der Waals surface area contributed by atoms with E-state index in [2.05, 4.69) is 0 Å². The number of fused-ring (bicyclic) bond motifs is 1. The molecule has 3 rings (SSSR count).